The number of hydrogen-bond donors (Lipinski definition) is 4. The van der Waals surface area contributed by atoms with E-state index in [0.717, 1.165) is 107 Å². The molecular weight excluding hydrogens is 1020 g/mol. The predicted octanol–water partition coefficient (Wildman–Crippen LogP) is 10.2. The standard InChI is InChI=1S/C59H69FN8O9S/c1-37(2)45-7-5-6-8-46(45)52-36-65(35-39-25-40-15-24-76-55(40)54(26-39)75-4)22-23-67(52)42-30-59(31-42)18-20-66(21-19-59)41-9-11-47(53(27-41)77-43-28-48-49(60)34-63-56(48)62-33-43)57(69)64-78(73,74)44-10-12-50(51(29-44)68(71)72)61-32-38-13-16-58(3,70)17-14-38/h5-12,25-29,33-34,37-38,42,52,61,70H,13-24,30-32,35-36H2,1-4H3,(H,62,63)(H,64,69)/t38?,52-,58?/m0/s1. The lowest BCUT2D eigenvalue weighted by Gasteiger charge is -2.58. The van der Waals surface area contributed by atoms with Gasteiger partial charge in [0.25, 0.3) is 21.6 Å². The van der Waals surface area contributed by atoms with E-state index in [1.54, 1.807) is 26.2 Å². The van der Waals surface area contributed by atoms with Crippen molar-refractivity contribution in [1.29, 1.82) is 0 Å². The Balaban J connectivity index is 0.786. The summed E-state index contributed by atoms with van der Waals surface area (Å²) in [5, 5.41) is 25.9. The molecule has 5 heterocycles. The SMILES string of the molecule is COc1cc(CN2CCN(C3CC4(CCN(c5ccc(C(=O)NS(=O)(=O)c6ccc(NCC7CCC(C)(O)CC7)c([N+](=O)[O-])c6)c(Oc6cnc7[nH]cc(F)c7c6)c5)CC4)C3)[C@H](c3ccccc3C(C)C)C2)cc2c1OCC2. The van der Waals surface area contributed by atoms with Gasteiger partial charge in [0.05, 0.1) is 46.3 Å². The molecule has 17 nitrogen and oxygen atoms in total. The van der Waals surface area contributed by atoms with E-state index in [2.05, 4.69) is 85.0 Å². The summed E-state index contributed by atoms with van der Waals surface area (Å²) in [6.07, 6.45) is 10.3. The van der Waals surface area contributed by atoms with Gasteiger partial charge in [-0.2, -0.15) is 0 Å². The molecule has 78 heavy (non-hydrogen) atoms. The number of piperidine rings is 1. The highest BCUT2D eigenvalue weighted by Gasteiger charge is 2.50. The number of fused-ring (bicyclic) bond motifs is 2. The van der Waals surface area contributed by atoms with E-state index in [-0.39, 0.29) is 45.5 Å². The number of nitro benzene ring substituents is 1. The van der Waals surface area contributed by atoms with E-state index < -0.39 is 42.9 Å². The molecule has 0 bridgehead atoms. The van der Waals surface area contributed by atoms with Gasteiger partial charge >= 0.3 is 0 Å². The van der Waals surface area contributed by atoms with Crippen LogP contribution in [0.2, 0.25) is 0 Å². The fraction of sp³-hybridized carbons (Fsp3) is 0.458. The van der Waals surface area contributed by atoms with Crippen molar-refractivity contribution in [3.05, 3.63) is 135 Å². The minimum Gasteiger partial charge on any atom is -0.493 e. The maximum absolute atomic E-state index is 14.8. The second-order valence-electron chi connectivity index (χ2n) is 22.9. The molecule has 2 aromatic heterocycles. The van der Waals surface area contributed by atoms with Crippen LogP contribution in [-0.4, -0.2) is 109 Å². The zero-order chi connectivity index (χ0) is 54.5. The zero-order valence-corrected chi connectivity index (χ0v) is 45.5. The van der Waals surface area contributed by atoms with Gasteiger partial charge < -0.3 is 34.5 Å². The first kappa shape index (κ1) is 53.2. The first-order chi connectivity index (χ1) is 37.4. The van der Waals surface area contributed by atoms with Gasteiger partial charge in [-0.25, -0.2) is 22.5 Å². The molecule has 412 valence electrons. The molecule has 4 fully saturated rings. The molecule has 0 unspecified atom stereocenters. The van der Waals surface area contributed by atoms with Gasteiger partial charge in [0.2, 0.25) is 0 Å². The van der Waals surface area contributed by atoms with E-state index in [9.17, 15) is 32.8 Å². The Labute approximate surface area is 454 Å². The average Bonchev–Trinajstić information content (AvgIpc) is 4.21. The number of halogens is 1. The molecule has 5 aliphatic rings. The van der Waals surface area contributed by atoms with Crippen molar-refractivity contribution in [2.45, 2.75) is 114 Å². The lowest BCUT2D eigenvalue weighted by molar-refractivity contribution is -0.384. The molecule has 2 saturated carbocycles. The molecule has 19 heteroatoms. The van der Waals surface area contributed by atoms with Crippen molar-refractivity contribution < 1.29 is 41.8 Å². The quantitative estimate of drug-likeness (QED) is 0.0526. The number of carbonyl (C=O) groups excluding carboxylic acids is 1. The minimum atomic E-state index is -4.65. The van der Waals surface area contributed by atoms with Gasteiger partial charge in [-0.3, -0.25) is 24.7 Å². The summed E-state index contributed by atoms with van der Waals surface area (Å²) in [5.41, 5.74) is 5.34. The number of nitrogens with zero attached hydrogens (tertiary/aromatic N) is 5. The van der Waals surface area contributed by atoms with Crippen LogP contribution >= 0.6 is 0 Å². The molecule has 4 aromatic carbocycles. The number of methoxy groups -OCH3 is 1. The van der Waals surface area contributed by atoms with Crippen LogP contribution in [0.15, 0.2) is 96.2 Å². The number of pyridine rings is 1. The van der Waals surface area contributed by atoms with Crippen molar-refractivity contribution in [2.75, 3.05) is 63.2 Å². The fourth-order valence-corrected chi connectivity index (χ4v) is 13.8. The summed E-state index contributed by atoms with van der Waals surface area (Å²) in [7, 11) is -2.94. The second-order valence-corrected chi connectivity index (χ2v) is 24.6. The monoisotopic (exact) mass is 1080 g/mol. The third-order valence-corrected chi connectivity index (χ3v) is 18.6. The summed E-state index contributed by atoms with van der Waals surface area (Å²) in [6.45, 7) is 12.7. The maximum atomic E-state index is 14.8. The summed E-state index contributed by atoms with van der Waals surface area (Å²) in [6, 6.07) is 24.0. The highest BCUT2D eigenvalue weighted by Crippen LogP contribution is 2.54. The van der Waals surface area contributed by atoms with Gasteiger partial charge in [0.15, 0.2) is 11.5 Å². The number of hydrogen-bond acceptors (Lipinski definition) is 14. The molecule has 2 aliphatic carbocycles. The Morgan fingerprint density at radius 3 is 2.54 bits per heavy atom. The van der Waals surface area contributed by atoms with E-state index in [1.807, 2.05) is 0 Å². The summed E-state index contributed by atoms with van der Waals surface area (Å²) in [5.74, 6) is 0.825. The number of nitro groups is 1. The molecule has 4 N–H and O–H groups in total. The lowest BCUT2D eigenvalue weighted by Crippen LogP contribution is -2.60. The summed E-state index contributed by atoms with van der Waals surface area (Å²) in [4.78, 5) is 40.0. The van der Waals surface area contributed by atoms with Crippen molar-refractivity contribution in [3.8, 4) is 23.0 Å². The minimum absolute atomic E-state index is 0.0206. The number of rotatable bonds is 16. The van der Waals surface area contributed by atoms with E-state index in [1.165, 1.54) is 58.9 Å². The van der Waals surface area contributed by atoms with E-state index in [0.29, 0.717) is 43.6 Å². The summed E-state index contributed by atoms with van der Waals surface area (Å²) >= 11 is 0. The molecular formula is C59H69FN8O9S. The molecule has 2 saturated heterocycles. The molecule has 1 amide bonds. The van der Waals surface area contributed by atoms with Gasteiger partial charge in [0, 0.05) is 93.9 Å². The molecule has 6 aromatic rings. The highest BCUT2D eigenvalue weighted by molar-refractivity contribution is 7.90. The molecule has 11 rings (SSSR count). The van der Waals surface area contributed by atoms with Crippen LogP contribution in [0.1, 0.15) is 117 Å². The third kappa shape index (κ3) is 11.0. The topological polar surface area (TPSA) is 205 Å². The Morgan fingerprint density at radius 1 is 1.00 bits per heavy atom. The number of amides is 1. The van der Waals surface area contributed by atoms with Crippen LogP contribution in [0.5, 0.6) is 23.0 Å². The number of anilines is 2. The van der Waals surface area contributed by atoms with Crippen molar-refractivity contribution in [2.24, 2.45) is 11.3 Å². The van der Waals surface area contributed by atoms with E-state index >= 15 is 0 Å². The molecule has 1 spiro atoms. The highest BCUT2D eigenvalue weighted by atomic mass is 32.2. The van der Waals surface area contributed by atoms with Gasteiger partial charge in [0.1, 0.15) is 28.7 Å². The number of benzene rings is 4. The smallest absolute Gasteiger partial charge is 0.293 e. The van der Waals surface area contributed by atoms with Crippen LogP contribution in [0.25, 0.3) is 11.0 Å². The molecule has 0 radical (unpaired) electrons. The number of aliphatic hydroxyl groups is 1. The second kappa shape index (κ2) is 21.4. The Kier molecular flexibility index (Phi) is 14.6. The largest absolute Gasteiger partial charge is 0.493 e. The third-order valence-electron chi connectivity index (χ3n) is 17.3. The normalized spacial score (nSPS) is 21.8. The number of H-pyrrole nitrogens is 1. The Hall–Kier alpha value is -6.80. The number of aromatic amines is 1. The van der Waals surface area contributed by atoms with Crippen molar-refractivity contribution in [3.63, 3.8) is 0 Å². The number of aromatic nitrogens is 2. The van der Waals surface area contributed by atoms with Gasteiger partial charge in [-0.15, -0.1) is 0 Å². The van der Waals surface area contributed by atoms with Crippen molar-refractivity contribution >= 4 is 44.0 Å². The van der Waals surface area contributed by atoms with Crippen LogP contribution in [0, 0.1) is 27.3 Å². The summed E-state index contributed by atoms with van der Waals surface area (Å²) < 4.78 is 62.6. The number of ether oxygens (including phenoxy) is 3. The van der Waals surface area contributed by atoms with Crippen LogP contribution in [0.3, 0.4) is 0 Å². The number of nitrogens with one attached hydrogen (secondary N) is 3. The van der Waals surface area contributed by atoms with Crippen LogP contribution in [0.4, 0.5) is 21.5 Å². The number of sulfonamides is 1. The lowest BCUT2D eigenvalue weighted by atomic mass is 9.59. The van der Waals surface area contributed by atoms with Crippen molar-refractivity contribution in [1.82, 2.24) is 24.5 Å². The fourth-order valence-electron chi connectivity index (χ4n) is 12.8. The first-order valence-corrected chi connectivity index (χ1v) is 28.8. The van der Waals surface area contributed by atoms with E-state index in [4.69, 9.17) is 14.2 Å². The Morgan fingerprint density at radius 2 is 1.78 bits per heavy atom. The molecule has 1 atom stereocenters. The van der Waals surface area contributed by atoms with Gasteiger partial charge in [-0.1, -0.05) is 44.2 Å². The van der Waals surface area contributed by atoms with Crippen LogP contribution < -0.4 is 29.1 Å². The Bertz CT molecular complexity index is 3340. The first-order valence-electron chi connectivity index (χ1n) is 27.3. The number of piperazine rings is 1. The zero-order valence-electron chi connectivity index (χ0n) is 44.7. The predicted molar refractivity (Wildman–Crippen MR) is 296 cm³/mol. The maximum Gasteiger partial charge on any atom is 0.293 e. The van der Waals surface area contributed by atoms with Crippen LogP contribution in [-0.2, 0) is 23.0 Å². The van der Waals surface area contributed by atoms with Gasteiger partial charge in [-0.05, 0) is 129 Å². The number of carbonyl (C=O) groups is 1. The average molecular weight is 1090 g/mol. The molecule has 3 aliphatic heterocycles.